The van der Waals surface area contributed by atoms with Crippen LogP contribution in [0.5, 0.6) is 0 Å². The van der Waals surface area contributed by atoms with Gasteiger partial charge < -0.3 is 9.64 Å². The van der Waals surface area contributed by atoms with Crippen molar-refractivity contribution in [2.75, 3.05) is 24.6 Å². The third kappa shape index (κ3) is 2.81. The number of pyridine rings is 1. The Morgan fingerprint density at radius 1 is 1.12 bits per heavy atom. The molecular weight excluding hydrogens is 447 g/mol. The van der Waals surface area contributed by atoms with Crippen molar-refractivity contribution in [3.05, 3.63) is 64.6 Å². The van der Waals surface area contributed by atoms with E-state index in [0.29, 0.717) is 11.6 Å². The first-order valence-electron chi connectivity index (χ1n) is 11.0. The highest BCUT2D eigenvalue weighted by molar-refractivity contribution is 6.30. The number of benzene rings is 1. The SMILES string of the molecule is O=C1OCC2c3nnc(C4CC5(C4)CN(c4ccc(F)cn4)C5)n3-c3ccc(Cl)cc3CN12. The first-order valence-corrected chi connectivity index (χ1v) is 11.4. The van der Waals surface area contributed by atoms with Crippen LogP contribution in [0.4, 0.5) is 15.0 Å². The lowest BCUT2D eigenvalue weighted by atomic mass is 9.57. The third-order valence-electron chi connectivity index (χ3n) is 7.42. The highest BCUT2D eigenvalue weighted by Crippen LogP contribution is 2.57. The van der Waals surface area contributed by atoms with Crippen molar-refractivity contribution in [3.63, 3.8) is 0 Å². The normalized spacial score (nSPS) is 22.7. The molecule has 1 atom stereocenters. The van der Waals surface area contributed by atoms with Crippen molar-refractivity contribution < 1.29 is 13.9 Å². The van der Waals surface area contributed by atoms with Crippen molar-refractivity contribution in [1.29, 1.82) is 0 Å². The lowest BCUT2D eigenvalue weighted by Gasteiger charge is -2.59. The predicted octanol–water partition coefficient (Wildman–Crippen LogP) is 3.85. The van der Waals surface area contributed by atoms with E-state index >= 15 is 0 Å². The minimum Gasteiger partial charge on any atom is -0.447 e. The summed E-state index contributed by atoms with van der Waals surface area (Å²) in [5.74, 6) is 2.45. The van der Waals surface area contributed by atoms with E-state index in [1.165, 1.54) is 12.3 Å². The van der Waals surface area contributed by atoms with E-state index in [1.807, 2.05) is 18.2 Å². The molecule has 8 nitrogen and oxygen atoms in total. The first-order chi connectivity index (χ1) is 16.0. The Balaban J connectivity index is 1.18. The van der Waals surface area contributed by atoms with E-state index in [2.05, 4.69) is 24.6 Å². The second kappa shape index (κ2) is 6.66. The average molecular weight is 467 g/mol. The van der Waals surface area contributed by atoms with Gasteiger partial charge in [0.1, 0.15) is 30.1 Å². The zero-order valence-corrected chi connectivity index (χ0v) is 18.4. The van der Waals surface area contributed by atoms with Gasteiger partial charge >= 0.3 is 6.09 Å². The number of ether oxygens (including phenoxy) is 1. The zero-order chi connectivity index (χ0) is 22.3. The minimum atomic E-state index is -0.338. The van der Waals surface area contributed by atoms with Gasteiger partial charge in [0.15, 0.2) is 5.82 Å². The van der Waals surface area contributed by atoms with Crippen molar-refractivity contribution in [2.24, 2.45) is 5.41 Å². The number of halogens is 2. The number of carbonyl (C=O) groups excluding carboxylic acids is 1. The molecular formula is C23H20ClFN6O2. The van der Waals surface area contributed by atoms with Gasteiger partial charge in [0.25, 0.3) is 0 Å². The number of hydrogen-bond donors (Lipinski definition) is 0. The standard InChI is InChI=1S/C23H20ClFN6O2/c24-15-1-3-17-13(5-15)9-30-18(10-33-22(30)32)21-28-27-20(31(17)21)14-6-23(7-14)11-29(12-23)19-4-2-16(25)8-26-19/h1-5,8,14,18H,6-7,9-12H2. The van der Waals surface area contributed by atoms with Gasteiger partial charge in [-0.25, -0.2) is 14.2 Å². The summed E-state index contributed by atoms with van der Waals surface area (Å²) < 4.78 is 20.6. The van der Waals surface area contributed by atoms with Crippen LogP contribution < -0.4 is 4.90 Å². The molecule has 4 aliphatic rings. The molecule has 1 unspecified atom stereocenters. The topological polar surface area (TPSA) is 76.4 Å². The van der Waals surface area contributed by atoms with Gasteiger partial charge in [-0.1, -0.05) is 11.6 Å². The summed E-state index contributed by atoms with van der Waals surface area (Å²) in [4.78, 5) is 20.4. The summed E-state index contributed by atoms with van der Waals surface area (Å²) in [7, 11) is 0. The molecule has 7 rings (SSSR count). The molecule has 168 valence electrons. The van der Waals surface area contributed by atoms with Gasteiger partial charge in [-0.15, -0.1) is 10.2 Å². The van der Waals surface area contributed by atoms with Gasteiger partial charge in [-0.05, 0) is 48.7 Å². The molecule has 0 bridgehead atoms. The molecule has 5 heterocycles. The summed E-state index contributed by atoms with van der Waals surface area (Å²) in [6, 6.07) is 8.68. The minimum absolute atomic E-state index is 0.235. The summed E-state index contributed by atoms with van der Waals surface area (Å²) in [5.41, 5.74) is 2.17. The molecule has 1 aliphatic carbocycles. The maximum atomic E-state index is 13.2. The highest BCUT2D eigenvalue weighted by atomic mass is 35.5. The molecule has 3 fully saturated rings. The van der Waals surface area contributed by atoms with Crippen molar-refractivity contribution in [2.45, 2.75) is 31.3 Å². The number of fused-ring (bicyclic) bond motifs is 5. The maximum absolute atomic E-state index is 13.2. The van der Waals surface area contributed by atoms with Crippen LogP contribution in [0.25, 0.3) is 5.69 Å². The van der Waals surface area contributed by atoms with E-state index in [1.54, 1.807) is 11.0 Å². The molecule has 1 spiro atoms. The number of carbonyl (C=O) groups is 1. The zero-order valence-electron chi connectivity index (χ0n) is 17.6. The number of anilines is 1. The lowest BCUT2D eigenvalue weighted by Crippen LogP contribution is -2.62. The fourth-order valence-electron chi connectivity index (χ4n) is 5.86. The fraction of sp³-hybridized carbons (Fsp3) is 0.391. The van der Waals surface area contributed by atoms with Crippen LogP contribution in [-0.4, -0.2) is 50.4 Å². The van der Waals surface area contributed by atoms with E-state index in [4.69, 9.17) is 16.3 Å². The van der Waals surface area contributed by atoms with Crippen LogP contribution in [0.2, 0.25) is 5.02 Å². The molecule has 33 heavy (non-hydrogen) atoms. The molecule has 3 aliphatic heterocycles. The van der Waals surface area contributed by atoms with Crippen LogP contribution >= 0.6 is 11.6 Å². The van der Waals surface area contributed by atoms with Crippen molar-refractivity contribution in [1.82, 2.24) is 24.6 Å². The largest absolute Gasteiger partial charge is 0.447 e. The monoisotopic (exact) mass is 466 g/mol. The molecule has 10 heteroatoms. The Morgan fingerprint density at radius 3 is 2.73 bits per heavy atom. The first kappa shape index (κ1) is 19.3. The second-order valence-electron chi connectivity index (χ2n) is 9.54. The Bertz CT molecular complexity index is 1280. The van der Waals surface area contributed by atoms with Gasteiger partial charge in [0.05, 0.1) is 18.4 Å². The van der Waals surface area contributed by atoms with Crippen LogP contribution in [0.3, 0.4) is 0 Å². The summed E-state index contributed by atoms with van der Waals surface area (Å²) in [6.07, 6.45) is 2.95. The van der Waals surface area contributed by atoms with Gasteiger partial charge in [0, 0.05) is 29.4 Å². The van der Waals surface area contributed by atoms with Crippen LogP contribution in [0.1, 0.15) is 42.0 Å². The summed E-state index contributed by atoms with van der Waals surface area (Å²) >= 11 is 6.28. The summed E-state index contributed by atoms with van der Waals surface area (Å²) in [6.45, 7) is 2.52. The fourth-order valence-corrected chi connectivity index (χ4v) is 6.06. The molecule has 3 aromatic rings. The Hall–Kier alpha value is -3.20. The number of hydrogen-bond acceptors (Lipinski definition) is 6. The lowest BCUT2D eigenvalue weighted by molar-refractivity contribution is 0.0581. The van der Waals surface area contributed by atoms with Gasteiger partial charge in [-0.2, -0.15) is 0 Å². The van der Waals surface area contributed by atoms with E-state index in [9.17, 15) is 9.18 Å². The van der Waals surface area contributed by atoms with E-state index in [-0.39, 0.29) is 35.9 Å². The number of amides is 1. The molecule has 0 N–H and O–H groups in total. The van der Waals surface area contributed by atoms with Crippen LogP contribution in [-0.2, 0) is 11.3 Å². The van der Waals surface area contributed by atoms with Crippen molar-refractivity contribution >= 4 is 23.5 Å². The molecule has 2 saturated heterocycles. The molecule has 0 radical (unpaired) electrons. The molecule has 1 amide bonds. The Labute approximate surface area is 193 Å². The predicted molar refractivity (Wildman–Crippen MR) is 117 cm³/mol. The van der Waals surface area contributed by atoms with Crippen molar-refractivity contribution in [3.8, 4) is 5.69 Å². The molecule has 1 saturated carbocycles. The number of nitrogens with zero attached hydrogens (tertiary/aromatic N) is 6. The number of cyclic esters (lactones) is 1. The smallest absolute Gasteiger partial charge is 0.410 e. The van der Waals surface area contributed by atoms with Crippen LogP contribution in [0.15, 0.2) is 36.5 Å². The van der Waals surface area contributed by atoms with E-state index < -0.39 is 0 Å². The quantitative estimate of drug-likeness (QED) is 0.571. The molecule has 1 aromatic carbocycles. The molecule has 2 aromatic heterocycles. The number of aromatic nitrogens is 4. The van der Waals surface area contributed by atoms with Gasteiger partial charge in [-0.3, -0.25) is 9.47 Å². The van der Waals surface area contributed by atoms with E-state index in [0.717, 1.165) is 54.6 Å². The maximum Gasteiger partial charge on any atom is 0.410 e. The average Bonchev–Trinajstić information content (AvgIpc) is 3.28. The summed E-state index contributed by atoms with van der Waals surface area (Å²) in [5, 5.41) is 9.76. The Kier molecular flexibility index (Phi) is 3.89. The number of rotatable bonds is 2. The Morgan fingerprint density at radius 2 is 1.94 bits per heavy atom. The second-order valence-corrected chi connectivity index (χ2v) is 9.98. The van der Waals surface area contributed by atoms with Crippen LogP contribution in [0, 0.1) is 11.2 Å². The highest BCUT2D eigenvalue weighted by Gasteiger charge is 2.55. The van der Waals surface area contributed by atoms with Gasteiger partial charge in [0.2, 0.25) is 0 Å². The third-order valence-corrected chi connectivity index (χ3v) is 7.66.